The summed E-state index contributed by atoms with van der Waals surface area (Å²) in [6.07, 6.45) is 0. The Morgan fingerprint density at radius 1 is 1.14 bits per heavy atom. The molecule has 0 saturated carbocycles. The van der Waals surface area contributed by atoms with Gasteiger partial charge in [-0.3, -0.25) is 19.7 Å². The molecule has 1 amide bonds. The standard InChI is InChI=1S/C15H11ClN2O4/c1-9-8-11(4-7-13(9)14(16)19)17-15(20)10-2-5-12(6-3-10)18(21)22/h2-8H,1H3,(H,17,20). The van der Waals surface area contributed by atoms with Crippen LogP contribution in [0.2, 0.25) is 0 Å². The first-order valence-electron chi connectivity index (χ1n) is 6.25. The minimum absolute atomic E-state index is 0.0858. The van der Waals surface area contributed by atoms with Gasteiger partial charge < -0.3 is 5.32 Å². The van der Waals surface area contributed by atoms with Gasteiger partial charge in [0, 0.05) is 28.9 Å². The van der Waals surface area contributed by atoms with Crippen LogP contribution in [0, 0.1) is 17.0 Å². The smallest absolute Gasteiger partial charge is 0.269 e. The summed E-state index contributed by atoms with van der Waals surface area (Å²) >= 11 is 5.42. The second kappa shape index (κ2) is 6.36. The van der Waals surface area contributed by atoms with Gasteiger partial charge in [-0.2, -0.15) is 0 Å². The second-order valence-corrected chi connectivity index (χ2v) is 4.90. The van der Waals surface area contributed by atoms with Gasteiger partial charge in [-0.1, -0.05) is 0 Å². The minimum atomic E-state index is -0.564. The molecule has 0 aliphatic carbocycles. The van der Waals surface area contributed by atoms with Crippen molar-refractivity contribution in [2.75, 3.05) is 5.32 Å². The number of hydrogen-bond acceptors (Lipinski definition) is 4. The van der Waals surface area contributed by atoms with Gasteiger partial charge in [0.25, 0.3) is 16.8 Å². The Balaban J connectivity index is 2.16. The lowest BCUT2D eigenvalue weighted by Crippen LogP contribution is -2.12. The van der Waals surface area contributed by atoms with Crippen molar-refractivity contribution in [3.8, 4) is 0 Å². The molecule has 7 heteroatoms. The van der Waals surface area contributed by atoms with E-state index >= 15 is 0 Å². The van der Waals surface area contributed by atoms with Crippen LogP contribution in [0.4, 0.5) is 11.4 Å². The van der Waals surface area contributed by atoms with Crippen molar-refractivity contribution in [1.82, 2.24) is 0 Å². The topological polar surface area (TPSA) is 89.3 Å². The van der Waals surface area contributed by atoms with E-state index in [1.807, 2.05) is 0 Å². The Hall–Kier alpha value is -2.73. The number of amides is 1. The zero-order valence-electron chi connectivity index (χ0n) is 11.5. The largest absolute Gasteiger partial charge is 0.322 e. The quantitative estimate of drug-likeness (QED) is 0.530. The molecule has 0 heterocycles. The lowest BCUT2D eigenvalue weighted by molar-refractivity contribution is -0.384. The average Bonchev–Trinajstić information content (AvgIpc) is 2.47. The number of non-ortho nitro benzene ring substituents is 1. The molecular weight excluding hydrogens is 308 g/mol. The zero-order valence-corrected chi connectivity index (χ0v) is 12.3. The number of benzene rings is 2. The van der Waals surface area contributed by atoms with Crippen LogP contribution in [0.3, 0.4) is 0 Å². The van der Waals surface area contributed by atoms with Crippen molar-refractivity contribution in [1.29, 1.82) is 0 Å². The second-order valence-electron chi connectivity index (χ2n) is 4.56. The van der Waals surface area contributed by atoms with E-state index < -0.39 is 16.1 Å². The van der Waals surface area contributed by atoms with Crippen molar-refractivity contribution in [2.45, 2.75) is 6.92 Å². The molecule has 2 rings (SSSR count). The number of rotatable bonds is 4. The Morgan fingerprint density at radius 2 is 1.77 bits per heavy atom. The first kappa shape index (κ1) is 15.7. The van der Waals surface area contributed by atoms with Crippen molar-refractivity contribution in [3.63, 3.8) is 0 Å². The molecule has 0 spiro atoms. The molecule has 0 aromatic heterocycles. The molecule has 2 aromatic rings. The molecule has 0 aliphatic heterocycles. The van der Waals surface area contributed by atoms with Crippen LogP contribution in [0.1, 0.15) is 26.3 Å². The van der Waals surface area contributed by atoms with E-state index in [1.54, 1.807) is 19.1 Å². The third kappa shape index (κ3) is 3.48. The van der Waals surface area contributed by atoms with Crippen LogP contribution in [-0.4, -0.2) is 16.1 Å². The molecule has 2 aromatic carbocycles. The van der Waals surface area contributed by atoms with E-state index in [4.69, 9.17) is 11.6 Å². The van der Waals surface area contributed by atoms with E-state index in [1.165, 1.54) is 30.3 Å². The molecule has 6 nitrogen and oxygen atoms in total. The van der Waals surface area contributed by atoms with Crippen molar-refractivity contribution >= 4 is 34.1 Å². The summed E-state index contributed by atoms with van der Waals surface area (Å²) in [6.45, 7) is 1.71. The highest BCUT2D eigenvalue weighted by Gasteiger charge is 2.11. The number of halogens is 1. The summed E-state index contributed by atoms with van der Waals surface area (Å²) < 4.78 is 0. The summed E-state index contributed by atoms with van der Waals surface area (Å²) in [5.41, 5.74) is 1.72. The SMILES string of the molecule is Cc1cc(NC(=O)c2ccc([N+](=O)[O-])cc2)ccc1C(=O)Cl. The number of carbonyl (C=O) groups is 2. The number of aryl methyl sites for hydroxylation is 1. The fraction of sp³-hybridized carbons (Fsp3) is 0.0667. The van der Waals surface area contributed by atoms with Crippen molar-refractivity contribution in [2.24, 2.45) is 0 Å². The average molecular weight is 319 g/mol. The fourth-order valence-corrected chi connectivity index (χ4v) is 2.11. The molecule has 0 atom stereocenters. The number of nitro groups is 1. The van der Waals surface area contributed by atoms with E-state index in [9.17, 15) is 19.7 Å². The van der Waals surface area contributed by atoms with Crippen molar-refractivity contribution in [3.05, 3.63) is 69.3 Å². The molecule has 0 radical (unpaired) electrons. The van der Waals surface area contributed by atoms with Gasteiger partial charge in [0.05, 0.1) is 4.92 Å². The van der Waals surface area contributed by atoms with Crippen LogP contribution < -0.4 is 5.32 Å². The van der Waals surface area contributed by atoms with Gasteiger partial charge in [0.2, 0.25) is 0 Å². The van der Waals surface area contributed by atoms with Crippen LogP contribution in [0.25, 0.3) is 0 Å². The minimum Gasteiger partial charge on any atom is -0.322 e. The molecule has 0 aliphatic rings. The lowest BCUT2D eigenvalue weighted by atomic mass is 10.1. The summed E-state index contributed by atoms with van der Waals surface area (Å²) in [6, 6.07) is 9.97. The predicted molar refractivity (Wildman–Crippen MR) is 82.4 cm³/mol. The first-order valence-corrected chi connectivity index (χ1v) is 6.62. The molecule has 0 fully saturated rings. The van der Waals surface area contributed by atoms with Gasteiger partial charge in [-0.15, -0.1) is 0 Å². The monoisotopic (exact) mass is 318 g/mol. The summed E-state index contributed by atoms with van der Waals surface area (Å²) in [5, 5.41) is 12.7. The summed E-state index contributed by atoms with van der Waals surface area (Å²) in [5.74, 6) is -0.403. The van der Waals surface area contributed by atoms with Crippen molar-refractivity contribution < 1.29 is 14.5 Å². The van der Waals surface area contributed by atoms with Gasteiger partial charge in [0.1, 0.15) is 0 Å². The van der Waals surface area contributed by atoms with E-state index in [2.05, 4.69) is 5.32 Å². The Kier molecular flexibility index (Phi) is 4.53. The molecule has 1 N–H and O–H groups in total. The Bertz CT molecular complexity index is 757. The lowest BCUT2D eigenvalue weighted by Gasteiger charge is -2.08. The van der Waals surface area contributed by atoms with Gasteiger partial charge in [0.15, 0.2) is 0 Å². The maximum Gasteiger partial charge on any atom is 0.269 e. The Morgan fingerprint density at radius 3 is 2.27 bits per heavy atom. The molecular formula is C15H11ClN2O4. The Labute approximate surface area is 130 Å². The highest BCUT2D eigenvalue weighted by Crippen LogP contribution is 2.18. The third-order valence-electron chi connectivity index (χ3n) is 3.04. The number of carbonyl (C=O) groups excluding carboxylic acids is 2. The van der Waals surface area contributed by atoms with E-state index in [-0.39, 0.29) is 5.69 Å². The maximum absolute atomic E-state index is 12.1. The van der Waals surface area contributed by atoms with Gasteiger partial charge >= 0.3 is 0 Å². The molecule has 0 unspecified atom stereocenters. The molecule has 0 saturated heterocycles. The van der Waals surface area contributed by atoms with Crippen LogP contribution in [0.5, 0.6) is 0 Å². The first-order chi connectivity index (χ1) is 10.4. The molecule has 22 heavy (non-hydrogen) atoms. The molecule has 0 bridgehead atoms. The highest BCUT2D eigenvalue weighted by atomic mass is 35.5. The van der Waals surface area contributed by atoms with Crippen LogP contribution in [-0.2, 0) is 0 Å². The molecule has 112 valence electrons. The third-order valence-corrected chi connectivity index (χ3v) is 3.24. The number of nitrogens with zero attached hydrogens (tertiary/aromatic N) is 1. The highest BCUT2D eigenvalue weighted by molar-refractivity contribution is 6.67. The number of nitrogens with one attached hydrogen (secondary N) is 1. The van der Waals surface area contributed by atoms with Crippen LogP contribution in [0.15, 0.2) is 42.5 Å². The number of anilines is 1. The predicted octanol–water partition coefficient (Wildman–Crippen LogP) is 3.53. The zero-order chi connectivity index (χ0) is 16.3. The normalized spacial score (nSPS) is 10.1. The summed E-state index contributed by atoms with van der Waals surface area (Å²) in [7, 11) is 0. The van der Waals surface area contributed by atoms with E-state index in [0.29, 0.717) is 22.4 Å². The maximum atomic E-state index is 12.1. The number of hydrogen-bond donors (Lipinski definition) is 1. The fourth-order valence-electron chi connectivity index (χ4n) is 1.90. The van der Waals surface area contributed by atoms with E-state index in [0.717, 1.165) is 0 Å². The summed E-state index contributed by atoms with van der Waals surface area (Å²) in [4.78, 5) is 33.2. The van der Waals surface area contributed by atoms with Gasteiger partial charge in [-0.25, -0.2) is 0 Å². The van der Waals surface area contributed by atoms with Crippen LogP contribution >= 0.6 is 11.6 Å². The number of nitro benzene ring substituents is 1. The van der Waals surface area contributed by atoms with Gasteiger partial charge in [-0.05, 0) is 54.4 Å².